The number of amides is 2. The van der Waals surface area contributed by atoms with Gasteiger partial charge in [0.25, 0.3) is 0 Å². The number of aliphatic carboxylic acids is 1. The van der Waals surface area contributed by atoms with Crippen LogP contribution in [-0.4, -0.2) is 61.3 Å². The predicted octanol–water partition coefficient (Wildman–Crippen LogP) is 4.59. The van der Waals surface area contributed by atoms with E-state index < -0.39 is 35.4 Å². The molecule has 258 valence electrons. The third-order valence-corrected chi connectivity index (χ3v) is 8.89. The van der Waals surface area contributed by atoms with Crippen LogP contribution in [0, 0.1) is 5.92 Å². The summed E-state index contributed by atoms with van der Waals surface area (Å²) in [7, 11) is 4.58. The topological polar surface area (TPSA) is 168 Å². The standard InChI is InChI=1S/C37H42N4O8/c1-19(2)33(36(44)41-29(37(45)46)15-22-18-38-26-10-8-7-9-23(22)26)40-28-14-12-24-25(17-30(28)43)27(39-20(3)42)13-11-21-16-31(47-4)34(48-5)35(49-6)32(21)24/h7-10,12,14,16-19,27,29,33,38H,11,13,15H2,1-6H3,(H,39,42)(H,40,43)(H,41,44)(H,45,46)/t27-,29-,33-/m0/s1. The second kappa shape index (κ2) is 14.7. The average Bonchev–Trinajstić information content (AvgIpc) is 3.33. The lowest BCUT2D eigenvalue weighted by molar-refractivity contribution is -0.142. The molecule has 5 N–H and O–H groups in total. The van der Waals surface area contributed by atoms with Crippen LogP contribution in [0.25, 0.3) is 22.0 Å². The Bertz CT molecular complexity index is 1950. The van der Waals surface area contributed by atoms with E-state index in [1.807, 2.05) is 44.2 Å². The van der Waals surface area contributed by atoms with Crippen molar-refractivity contribution in [1.29, 1.82) is 0 Å². The van der Waals surface area contributed by atoms with E-state index in [2.05, 4.69) is 20.9 Å². The van der Waals surface area contributed by atoms with E-state index in [0.29, 0.717) is 46.8 Å². The summed E-state index contributed by atoms with van der Waals surface area (Å²) in [5.74, 6) is -1.02. The lowest BCUT2D eigenvalue weighted by Crippen LogP contribution is -2.50. The molecule has 0 unspecified atom stereocenters. The maximum absolute atomic E-state index is 13.9. The highest BCUT2D eigenvalue weighted by atomic mass is 16.5. The Labute approximate surface area is 284 Å². The smallest absolute Gasteiger partial charge is 0.326 e. The molecule has 4 aromatic rings. The van der Waals surface area contributed by atoms with E-state index in [1.165, 1.54) is 34.3 Å². The Morgan fingerprint density at radius 3 is 2.39 bits per heavy atom. The number of aryl methyl sites for hydroxylation is 1. The van der Waals surface area contributed by atoms with Crippen LogP contribution in [0.5, 0.6) is 17.2 Å². The zero-order valence-electron chi connectivity index (χ0n) is 28.4. The fourth-order valence-electron chi connectivity index (χ4n) is 6.51. The second-order valence-electron chi connectivity index (χ2n) is 12.4. The number of carboxylic acids is 1. The van der Waals surface area contributed by atoms with Crippen molar-refractivity contribution in [2.75, 3.05) is 26.6 Å². The number of hydrogen-bond acceptors (Lipinski definition) is 8. The summed E-state index contributed by atoms with van der Waals surface area (Å²) in [6.07, 6.45) is 2.85. The number of para-hydroxylation sites is 1. The zero-order chi connectivity index (χ0) is 35.4. The molecule has 5 rings (SSSR count). The van der Waals surface area contributed by atoms with Crippen LogP contribution in [0.3, 0.4) is 0 Å². The van der Waals surface area contributed by atoms with Gasteiger partial charge in [-0.1, -0.05) is 38.1 Å². The number of hydrogen-bond donors (Lipinski definition) is 5. The van der Waals surface area contributed by atoms with Crippen molar-refractivity contribution >= 4 is 34.4 Å². The summed E-state index contributed by atoms with van der Waals surface area (Å²) in [6.45, 7) is 5.04. The highest BCUT2D eigenvalue weighted by Crippen LogP contribution is 2.50. The molecular formula is C37H42N4O8. The van der Waals surface area contributed by atoms with Gasteiger partial charge in [-0.2, -0.15) is 0 Å². The van der Waals surface area contributed by atoms with Gasteiger partial charge in [-0.05, 0) is 65.3 Å². The molecule has 0 radical (unpaired) electrons. The maximum Gasteiger partial charge on any atom is 0.326 e. The molecule has 0 aliphatic heterocycles. The summed E-state index contributed by atoms with van der Waals surface area (Å²) in [6, 6.07) is 11.6. The van der Waals surface area contributed by atoms with Crippen molar-refractivity contribution in [3.63, 3.8) is 0 Å². The zero-order valence-corrected chi connectivity index (χ0v) is 28.4. The summed E-state index contributed by atoms with van der Waals surface area (Å²) in [5.41, 5.74) is 4.15. The summed E-state index contributed by atoms with van der Waals surface area (Å²) in [4.78, 5) is 55.3. The van der Waals surface area contributed by atoms with Crippen molar-refractivity contribution in [1.82, 2.24) is 15.6 Å². The minimum Gasteiger partial charge on any atom is -0.493 e. The van der Waals surface area contributed by atoms with Gasteiger partial charge in [-0.25, -0.2) is 4.79 Å². The van der Waals surface area contributed by atoms with Crippen molar-refractivity contribution in [3.05, 3.63) is 81.6 Å². The number of aromatic nitrogens is 1. The van der Waals surface area contributed by atoms with Crippen molar-refractivity contribution < 1.29 is 33.7 Å². The molecule has 12 heteroatoms. The second-order valence-corrected chi connectivity index (χ2v) is 12.4. The summed E-state index contributed by atoms with van der Waals surface area (Å²) >= 11 is 0. The lowest BCUT2D eigenvalue weighted by Gasteiger charge is -2.24. The molecule has 0 saturated carbocycles. The molecular weight excluding hydrogens is 628 g/mol. The molecule has 0 saturated heterocycles. The van der Waals surface area contributed by atoms with E-state index in [0.717, 1.165) is 22.0 Å². The van der Waals surface area contributed by atoms with E-state index in [-0.39, 0.29) is 23.9 Å². The van der Waals surface area contributed by atoms with Crippen LogP contribution < -0.4 is 35.6 Å². The highest BCUT2D eigenvalue weighted by Gasteiger charge is 2.31. The first kappa shape index (κ1) is 34.8. The molecule has 3 atom stereocenters. The van der Waals surface area contributed by atoms with Crippen LogP contribution in [0.4, 0.5) is 5.69 Å². The monoisotopic (exact) mass is 670 g/mol. The highest BCUT2D eigenvalue weighted by molar-refractivity contribution is 5.90. The van der Waals surface area contributed by atoms with Crippen LogP contribution in [0.1, 0.15) is 49.9 Å². The van der Waals surface area contributed by atoms with E-state index in [4.69, 9.17) is 14.2 Å². The first-order chi connectivity index (χ1) is 23.5. The quantitative estimate of drug-likeness (QED) is 0.145. The largest absolute Gasteiger partial charge is 0.493 e. The Morgan fingerprint density at radius 2 is 1.73 bits per heavy atom. The summed E-state index contributed by atoms with van der Waals surface area (Å²) in [5, 5.41) is 19.7. The fraction of sp³-hybridized carbons (Fsp3) is 0.351. The summed E-state index contributed by atoms with van der Waals surface area (Å²) < 4.78 is 17.1. The number of benzene rings is 2. The normalized spacial score (nSPS) is 14.9. The number of ether oxygens (including phenoxy) is 3. The first-order valence-corrected chi connectivity index (χ1v) is 16.1. The maximum atomic E-state index is 13.9. The number of aromatic amines is 1. The van der Waals surface area contributed by atoms with E-state index in [1.54, 1.807) is 18.3 Å². The average molecular weight is 671 g/mol. The van der Waals surface area contributed by atoms with Crippen LogP contribution in [0.2, 0.25) is 0 Å². The fourth-order valence-corrected chi connectivity index (χ4v) is 6.51. The van der Waals surface area contributed by atoms with Gasteiger partial charge in [-0.3, -0.25) is 14.4 Å². The van der Waals surface area contributed by atoms with Gasteiger partial charge >= 0.3 is 5.97 Å². The Hall–Kier alpha value is -5.52. The molecule has 0 spiro atoms. The van der Waals surface area contributed by atoms with Gasteiger partial charge in [0.05, 0.1) is 33.1 Å². The number of fused-ring (bicyclic) bond motifs is 4. The van der Waals surface area contributed by atoms with Gasteiger partial charge in [0.2, 0.25) is 23.0 Å². The van der Waals surface area contributed by atoms with Gasteiger partial charge < -0.3 is 40.3 Å². The molecule has 12 nitrogen and oxygen atoms in total. The van der Waals surface area contributed by atoms with E-state index >= 15 is 0 Å². The molecule has 1 aliphatic rings. The number of H-pyrrole nitrogens is 1. The predicted molar refractivity (Wildman–Crippen MR) is 187 cm³/mol. The molecule has 0 fully saturated rings. The molecule has 0 bridgehead atoms. The van der Waals surface area contributed by atoms with Crippen molar-refractivity contribution in [2.24, 2.45) is 5.92 Å². The molecule has 3 aromatic carbocycles. The Balaban J connectivity index is 1.53. The molecule has 1 heterocycles. The number of methoxy groups -OCH3 is 3. The van der Waals surface area contributed by atoms with Crippen molar-refractivity contribution in [3.8, 4) is 28.4 Å². The van der Waals surface area contributed by atoms with Gasteiger partial charge in [-0.15, -0.1) is 0 Å². The van der Waals surface area contributed by atoms with Gasteiger partial charge in [0, 0.05) is 36.0 Å². The number of carbonyl (C=O) groups excluding carboxylic acids is 2. The first-order valence-electron chi connectivity index (χ1n) is 16.1. The lowest BCUT2D eigenvalue weighted by atomic mass is 9.95. The van der Waals surface area contributed by atoms with Gasteiger partial charge in [0.15, 0.2) is 11.5 Å². The number of carboxylic acid groups (broad SMARTS) is 1. The number of rotatable bonds is 12. The van der Waals surface area contributed by atoms with E-state index in [9.17, 15) is 24.3 Å². The van der Waals surface area contributed by atoms with Crippen LogP contribution >= 0.6 is 0 Å². The number of carbonyl (C=O) groups is 3. The molecule has 49 heavy (non-hydrogen) atoms. The number of nitrogens with one attached hydrogen (secondary N) is 4. The third-order valence-electron chi connectivity index (χ3n) is 8.89. The molecule has 1 aliphatic carbocycles. The van der Waals surface area contributed by atoms with Gasteiger partial charge in [0.1, 0.15) is 12.1 Å². The minimum atomic E-state index is -1.21. The molecule has 2 amide bonds. The third kappa shape index (κ3) is 7.18. The Kier molecular flexibility index (Phi) is 10.5. The number of anilines is 1. The van der Waals surface area contributed by atoms with Crippen molar-refractivity contribution in [2.45, 2.75) is 58.2 Å². The minimum absolute atomic E-state index is 0.0652. The van der Waals surface area contributed by atoms with Crippen LogP contribution in [0.15, 0.2) is 59.5 Å². The van der Waals surface area contributed by atoms with Crippen LogP contribution in [-0.2, 0) is 27.2 Å². The SMILES string of the molecule is COc1cc2c(c(OC)c1OC)-c1ccc(N[C@H](C(=O)N[C@@H](Cc3c[nH]c4ccccc34)C(=O)O)C(C)C)c(=O)cc1[C@@H](NC(C)=O)CC2. The Morgan fingerprint density at radius 1 is 1.00 bits per heavy atom. The molecule has 1 aromatic heterocycles.